The van der Waals surface area contributed by atoms with E-state index >= 15 is 0 Å². The van der Waals surface area contributed by atoms with Crippen LogP contribution in [0, 0.1) is 12.8 Å². The topological polar surface area (TPSA) is 90.7 Å². The Morgan fingerprint density at radius 2 is 1.64 bits per heavy atom. The van der Waals surface area contributed by atoms with Crippen LogP contribution in [0.1, 0.15) is 44.4 Å². The number of ether oxygens (including phenoxy) is 2. The van der Waals surface area contributed by atoms with E-state index < -0.39 is 19.6 Å². The van der Waals surface area contributed by atoms with E-state index in [0.717, 1.165) is 41.5 Å². The number of carbonyl (C=O) groups excluding carboxylic acids is 2. The van der Waals surface area contributed by atoms with Crippen LogP contribution in [0.25, 0.3) is 22.5 Å². The minimum Gasteiger partial charge on any atom is -0.465 e. The Morgan fingerprint density at radius 3 is 2.18 bits per heavy atom. The molecule has 2 aliphatic rings. The monoisotopic (exact) mass is 546 g/mol. The maximum Gasteiger partial charge on any atom is 0.412 e. The van der Waals surface area contributed by atoms with Gasteiger partial charge in [-0.25, -0.2) is 4.79 Å². The third-order valence-corrected chi connectivity index (χ3v) is 11.0. The van der Waals surface area contributed by atoms with Gasteiger partial charge in [-0.2, -0.15) is 0 Å². The molecule has 1 amide bonds. The Balaban J connectivity index is 1.33. The minimum atomic E-state index is -1.52. The fourth-order valence-electron chi connectivity index (χ4n) is 5.68. The van der Waals surface area contributed by atoms with E-state index in [-0.39, 0.29) is 12.1 Å². The van der Waals surface area contributed by atoms with E-state index in [0.29, 0.717) is 35.2 Å². The molecule has 0 saturated heterocycles. The average Bonchev–Trinajstić information content (AvgIpc) is 3.82. The van der Waals surface area contributed by atoms with Crippen LogP contribution in [0.2, 0.25) is 25.2 Å². The summed E-state index contributed by atoms with van der Waals surface area (Å²) in [4.78, 5) is 25.5. The molecule has 3 aromatic rings. The smallest absolute Gasteiger partial charge is 0.412 e. The van der Waals surface area contributed by atoms with Crippen LogP contribution in [-0.2, 0) is 19.7 Å². The highest BCUT2D eigenvalue weighted by Crippen LogP contribution is 2.64. The predicted octanol–water partition coefficient (Wildman–Crippen LogP) is 7.58. The molecule has 1 heterocycles. The van der Waals surface area contributed by atoms with Crippen LogP contribution in [0.4, 0.5) is 10.5 Å². The van der Waals surface area contributed by atoms with Gasteiger partial charge in [0.1, 0.15) is 17.5 Å². The summed E-state index contributed by atoms with van der Waals surface area (Å²) < 4.78 is 16.6. The summed E-state index contributed by atoms with van der Waals surface area (Å²) in [7, 11) is -1.52. The highest BCUT2D eigenvalue weighted by Gasteiger charge is 2.66. The molecule has 1 N–H and O–H groups in total. The Morgan fingerprint density at radius 1 is 1.05 bits per heavy atom. The van der Waals surface area contributed by atoms with E-state index in [2.05, 4.69) is 54.4 Å². The molecular weight excluding hydrogens is 508 g/mol. The highest BCUT2D eigenvalue weighted by molar-refractivity contribution is 6.79. The number of aromatic nitrogens is 1. The zero-order chi connectivity index (χ0) is 27.9. The molecule has 0 radical (unpaired) electrons. The Labute approximate surface area is 231 Å². The molecule has 8 heteroatoms. The number of anilines is 1. The molecule has 0 spiro atoms. The number of aryl methyl sites for hydroxylation is 1. The number of hydrogen-bond donors (Lipinski definition) is 1. The van der Waals surface area contributed by atoms with Gasteiger partial charge in [0.2, 0.25) is 0 Å². The fraction of sp³-hybridized carbons (Fsp3) is 0.452. The van der Waals surface area contributed by atoms with Crippen LogP contribution in [0.5, 0.6) is 0 Å². The zero-order valence-corrected chi connectivity index (χ0v) is 24.7. The number of nitrogens with zero attached hydrogens (tertiary/aromatic N) is 1. The summed E-state index contributed by atoms with van der Waals surface area (Å²) in [5, 5.41) is 6.89. The number of amides is 1. The van der Waals surface area contributed by atoms with Crippen LogP contribution >= 0.6 is 0 Å². The van der Waals surface area contributed by atoms with Gasteiger partial charge in [0.05, 0.1) is 12.0 Å². The van der Waals surface area contributed by atoms with E-state index in [1.165, 1.54) is 0 Å². The molecule has 2 fully saturated rings. The molecule has 3 unspecified atom stereocenters. The average molecular weight is 547 g/mol. The van der Waals surface area contributed by atoms with Gasteiger partial charge in [-0.15, -0.1) is 0 Å². The fourth-order valence-corrected chi connectivity index (χ4v) is 8.38. The van der Waals surface area contributed by atoms with E-state index in [1.807, 2.05) is 38.1 Å². The molecular formula is C31H38N2O5Si. The maximum atomic E-state index is 13.0. The van der Waals surface area contributed by atoms with Gasteiger partial charge < -0.3 is 14.0 Å². The summed E-state index contributed by atoms with van der Waals surface area (Å²) in [6.45, 7) is 12.9. The first-order valence-corrected chi connectivity index (χ1v) is 17.4. The largest absolute Gasteiger partial charge is 0.465 e. The number of benzene rings is 2. The van der Waals surface area contributed by atoms with Crippen molar-refractivity contribution in [1.82, 2.24) is 5.16 Å². The molecule has 2 aromatic carbocycles. The SMILES string of the molecule is CCOC(=O)C1(c2ccc(-c3ccc(-c4onc(C)c4NC(=O)OC(C)C4CC4)cc3)cc2)CC1[Si](C)(C)C. The first-order valence-electron chi connectivity index (χ1n) is 13.9. The Kier molecular flexibility index (Phi) is 7.18. The second kappa shape index (κ2) is 10.3. The van der Waals surface area contributed by atoms with E-state index in [4.69, 9.17) is 14.0 Å². The Hall–Kier alpha value is -3.39. The lowest BCUT2D eigenvalue weighted by Crippen LogP contribution is -2.32. The molecule has 1 aromatic heterocycles. The number of hydrogen-bond acceptors (Lipinski definition) is 6. The lowest BCUT2D eigenvalue weighted by Gasteiger charge is -2.23. The molecule has 206 valence electrons. The number of carbonyl (C=O) groups is 2. The van der Waals surface area contributed by atoms with Crippen LogP contribution in [-0.4, -0.2) is 38.0 Å². The molecule has 5 rings (SSSR count). The summed E-state index contributed by atoms with van der Waals surface area (Å²) in [6.07, 6.45) is 2.48. The van der Waals surface area contributed by atoms with Gasteiger partial charge in [-0.3, -0.25) is 10.1 Å². The van der Waals surface area contributed by atoms with Crippen molar-refractivity contribution in [2.45, 2.75) is 76.7 Å². The van der Waals surface area contributed by atoms with Crippen molar-refractivity contribution in [2.75, 3.05) is 11.9 Å². The first-order chi connectivity index (χ1) is 18.5. The van der Waals surface area contributed by atoms with Gasteiger partial charge in [0.25, 0.3) is 0 Å². The molecule has 7 nitrogen and oxygen atoms in total. The quantitative estimate of drug-likeness (QED) is 0.220. The minimum absolute atomic E-state index is 0.0906. The third-order valence-electron chi connectivity index (χ3n) is 8.19. The first kappa shape index (κ1) is 27.2. The maximum absolute atomic E-state index is 13.0. The normalized spacial score (nSPS) is 21.2. The van der Waals surface area contributed by atoms with Gasteiger partial charge in [0.15, 0.2) is 5.76 Å². The lowest BCUT2D eigenvalue weighted by molar-refractivity contribution is -0.146. The number of nitrogens with one attached hydrogen (secondary N) is 1. The van der Waals surface area contributed by atoms with Crippen molar-refractivity contribution in [3.63, 3.8) is 0 Å². The van der Waals surface area contributed by atoms with Gasteiger partial charge in [0, 0.05) is 13.6 Å². The van der Waals surface area contributed by atoms with Crippen molar-refractivity contribution < 1.29 is 23.6 Å². The molecule has 0 bridgehead atoms. The van der Waals surface area contributed by atoms with Crippen molar-refractivity contribution in [2.24, 2.45) is 5.92 Å². The summed E-state index contributed by atoms with van der Waals surface area (Å²) in [5.74, 6) is 0.863. The summed E-state index contributed by atoms with van der Waals surface area (Å²) in [6, 6.07) is 16.3. The van der Waals surface area contributed by atoms with Crippen molar-refractivity contribution in [1.29, 1.82) is 0 Å². The predicted molar refractivity (Wildman–Crippen MR) is 154 cm³/mol. The number of esters is 1. The Bertz CT molecular complexity index is 1360. The molecule has 0 aliphatic heterocycles. The second-order valence-corrected chi connectivity index (χ2v) is 17.4. The summed E-state index contributed by atoms with van der Waals surface area (Å²) in [5.41, 5.74) is 4.93. The summed E-state index contributed by atoms with van der Waals surface area (Å²) >= 11 is 0. The number of rotatable bonds is 9. The van der Waals surface area contributed by atoms with E-state index in [9.17, 15) is 9.59 Å². The highest BCUT2D eigenvalue weighted by atomic mass is 28.3. The molecule has 2 aliphatic carbocycles. The zero-order valence-electron chi connectivity index (χ0n) is 23.7. The molecule has 2 saturated carbocycles. The van der Waals surface area contributed by atoms with Gasteiger partial charge in [-0.1, -0.05) is 73.3 Å². The standard InChI is InChI=1S/C31H38N2O5Si/c1-7-36-29(34)31(18-26(31)39(4,5)6)25-16-14-23(15-17-25)22-10-12-24(13-11-22)28-27(19(2)33-38-28)32-30(35)37-20(3)21-8-9-21/h10-17,20-21,26H,7-9,18H2,1-6H3,(H,32,35). The van der Waals surface area contributed by atoms with Crippen LogP contribution < -0.4 is 5.32 Å². The van der Waals surface area contributed by atoms with Crippen molar-refractivity contribution in [3.8, 4) is 22.5 Å². The lowest BCUT2D eigenvalue weighted by atomic mass is 9.93. The second-order valence-electron chi connectivity index (χ2n) is 12.0. The van der Waals surface area contributed by atoms with Crippen LogP contribution in [0.3, 0.4) is 0 Å². The van der Waals surface area contributed by atoms with Gasteiger partial charge >= 0.3 is 12.1 Å². The van der Waals surface area contributed by atoms with Crippen molar-refractivity contribution in [3.05, 3.63) is 59.8 Å². The van der Waals surface area contributed by atoms with Crippen LogP contribution in [0.15, 0.2) is 53.1 Å². The van der Waals surface area contributed by atoms with Crippen molar-refractivity contribution >= 4 is 25.8 Å². The van der Waals surface area contributed by atoms with Gasteiger partial charge in [-0.05, 0) is 68.2 Å². The van der Waals surface area contributed by atoms with E-state index in [1.54, 1.807) is 6.92 Å². The molecule has 39 heavy (non-hydrogen) atoms. The third kappa shape index (κ3) is 5.39. The molecule has 3 atom stereocenters.